The third-order valence-electron chi connectivity index (χ3n) is 3.03. The lowest BCUT2D eigenvalue weighted by atomic mass is 10.1. The van der Waals surface area contributed by atoms with Crippen LogP contribution in [-0.4, -0.2) is 51.0 Å². The lowest BCUT2D eigenvalue weighted by Crippen LogP contribution is -2.38. The number of aliphatic hydroxyl groups is 1. The van der Waals surface area contributed by atoms with Crippen molar-refractivity contribution in [2.24, 2.45) is 10.4 Å². The molecule has 1 fully saturated rings. The van der Waals surface area contributed by atoms with Crippen molar-refractivity contribution in [2.45, 2.75) is 26.2 Å². The molecule has 18 heavy (non-hydrogen) atoms. The highest BCUT2D eigenvalue weighted by molar-refractivity contribution is 14.0. The largest absolute Gasteiger partial charge is 0.396 e. The monoisotopic (exact) mass is 371 g/mol. The molecule has 0 atom stereocenters. The first-order valence-electron chi connectivity index (χ1n) is 6.38. The molecule has 0 aliphatic heterocycles. The minimum atomic E-state index is 0. The van der Waals surface area contributed by atoms with Gasteiger partial charge in [0.2, 0.25) is 0 Å². The summed E-state index contributed by atoms with van der Waals surface area (Å²) in [7, 11) is 1.71. The van der Waals surface area contributed by atoms with Crippen LogP contribution in [0, 0.1) is 5.41 Å². The van der Waals surface area contributed by atoms with Gasteiger partial charge < -0.3 is 20.5 Å². The molecule has 0 unspecified atom stereocenters. The number of hydrogen-bond acceptors (Lipinski definition) is 3. The average molecular weight is 371 g/mol. The topological polar surface area (TPSA) is 65.9 Å². The minimum Gasteiger partial charge on any atom is -0.396 e. The molecule has 108 valence electrons. The number of nitrogens with zero attached hydrogens (tertiary/aromatic N) is 1. The first-order chi connectivity index (χ1) is 8.26. The molecule has 0 amide bonds. The van der Waals surface area contributed by atoms with E-state index in [0.717, 1.165) is 44.9 Å². The van der Waals surface area contributed by atoms with Gasteiger partial charge in [-0.05, 0) is 26.2 Å². The lowest BCUT2D eigenvalue weighted by molar-refractivity contribution is 0.195. The molecular weight excluding hydrogens is 345 g/mol. The number of ether oxygens (including phenoxy) is 1. The molecule has 0 aromatic heterocycles. The summed E-state index contributed by atoms with van der Waals surface area (Å²) < 4.78 is 4.99. The van der Waals surface area contributed by atoms with Crippen molar-refractivity contribution in [1.29, 1.82) is 0 Å². The summed E-state index contributed by atoms with van der Waals surface area (Å²) in [5.41, 5.74) is 0.0783. The van der Waals surface area contributed by atoms with Gasteiger partial charge in [-0.15, -0.1) is 24.0 Å². The van der Waals surface area contributed by atoms with Crippen LogP contribution >= 0.6 is 24.0 Å². The lowest BCUT2D eigenvalue weighted by Gasteiger charge is -2.13. The highest BCUT2D eigenvalue weighted by atomic mass is 127. The normalized spacial score (nSPS) is 16.9. The summed E-state index contributed by atoms with van der Waals surface area (Å²) in [5, 5.41) is 15.7. The number of aliphatic imine (C=N–C) groups is 1. The number of methoxy groups -OCH3 is 1. The van der Waals surface area contributed by atoms with Crippen molar-refractivity contribution in [3.63, 3.8) is 0 Å². The summed E-state index contributed by atoms with van der Waals surface area (Å²) in [5.74, 6) is 0.836. The van der Waals surface area contributed by atoms with Gasteiger partial charge in [0.15, 0.2) is 5.96 Å². The van der Waals surface area contributed by atoms with E-state index in [1.807, 2.05) is 6.92 Å². The molecule has 0 aromatic carbocycles. The molecule has 1 aliphatic carbocycles. The zero-order valence-electron chi connectivity index (χ0n) is 11.4. The van der Waals surface area contributed by atoms with Crippen LogP contribution in [0.2, 0.25) is 0 Å². The smallest absolute Gasteiger partial charge is 0.191 e. The van der Waals surface area contributed by atoms with Crippen LogP contribution in [0.25, 0.3) is 0 Å². The second-order valence-electron chi connectivity index (χ2n) is 4.63. The van der Waals surface area contributed by atoms with Crippen LogP contribution in [0.1, 0.15) is 26.2 Å². The first kappa shape index (κ1) is 17.9. The minimum absolute atomic E-state index is 0. The summed E-state index contributed by atoms with van der Waals surface area (Å²) >= 11 is 0. The number of rotatable bonds is 8. The predicted molar refractivity (Wildman–Crippen MR) is 84.6 cm³/mol. The third kappa shape index (κ3) is 6.75. The maximum absolute atomic E-state index is 9.22. The van der Waals surface area contributed by atoms with Gasteiger partial charge in [-0.1, -0.05) is 0 Å². The molecule has 6 heteroatoms. The van der Waals surface area contributed by atoms with Gasteiger partial charge in [0.25, 0.3) is 0 Å². The highest BCUT2D eigenvalue weighted by Gasteiger charge is 2.41. The van der Waals surface area contributed by atoms with E-state index < -0.39 is 0 Å². The maximum Gasteiger partial charge on any atom is 0.191 e. The van der Waals surface area contributed by atoms with E-state index in [1.165, 1.54) is 0 Å². The molecule has 0 spiro atoms. The van der Waals surface area contributed by atoms with Crippen molar-refractivity contribution in [2.75, 3.05) is 40.0 Å². The van der Waals surface area contributed by atoms with Gasteiger partial charge in [0.1, 0.15) is 0 Å². The van der Waals surface area contributed by atoms with E-state index in [9.17, 15) is 5.11 Å². The van der Waals surface area contributed by atoms with Crippen LogP contribution in [0.3, 0.4) is 0 Å². The summed E-state index contributed by atoms with van der Waals surface area (Å²) in [4.78, 5) is 4.51. The molecule has 3 N–H and O–H groups in total. The molecule has 0 saturated heterocycles. The highest BCUT2D eigenvalue weighted by Crippen LogP contribution is 2.45. The van der Waals surface area contributed by atoms with Crippen molar-refractivity contribution in [1.82, 2.24) is 10.6 Å². The Morgan fingerprint density at radius 2 is 2.11 bits per heavy atom. The van der Waals surface area contributed by atoms with Crippen molar-refractivity contribution >= 4 is 29.9 Å². The molecule has 1 aliphatic rings. The SMILES string of the molecule is CCNC(=NCC1(CO)CC1)NCCCOC.I. The standard InChI is InChI=1S/C12H25N3O2.HI/c1-3-13-11(14-7-4-8-17-2)15-9-12(10-16)5-6-12;/h16H,3-10H2,1-2H3,(H2,13,14,15);1H. The van der Waals surface area contributed by atoms with E-state index in [0.29, 0.717) is 6.54 Å². The fourth-order valence-corrected chi connectivity index (χ4v) is 1.55. The van der Waals surface area contributed by atoms with Gasteiger partial charge in [0, 0.05) is 32.2 Å². The Labute approximate surface area is 127 Å². The molecule has 0 aromatic rings. The number of halogens is 1. The number of guanidine groups is 1. The molecule has 0 heterocycles. The second-order valence-corrected chi connectivity index (χ2v) is 4.63. The fourth-order valence-electron chi connectivity index (χ4n) is 1.55. The Morgan fingerprint density at radius 1 is 1.39 bits per heavy atom. The Hall–Kier alpha value is -0.0800. The van der Waals surface area contributed by atoms with Crippen LogP contribution in [0.4, 0.5) is 0 Å². The van der Waals surface area contributed by atoms with Crippen LogP contribution < -0.4 is 10.6 Å². The van der Waals surface area contributed by atoms with Crippen molar-refractivity contribution < 1.29 is 9.84 Å². The number of hydrogen-bond donors (Lipinski definition) is 3. The van der Waals surface area contributed by atoms with E-state index in [4.69, 9.17) is 4.74 Å². The van der Waals surface area contributed by atoms with Crippen LogP contribution in [0.15, 0.2) is 4.99 Å². The van der Waals surface area contributed by atoms with Gasteiger partial charge in [0.05, 0.1) is 13.2 Å². The van der Waals surface area contributed by atoms with Crippen molar-refractivity contribution in [3.8, 4) is 0 Å². The average Bonchev–Trinajstić information content (AvgIpc) is 3.12. The van der Waals surface area contributed by atoms with E-state index in [-0.39, 0.29) is 36.0 Å². The summed E-state index contributed by atoms with van der Waals surface area (Å²) in [6, 6.07) is 0. The Bertz CT molecular complexity index is 245. The third-order valence-corrected chi connectivity index (χ3v) is 3.03. The molecular formula is C12H26IN3O2. The quantitative estimate of drug-likeness (QED) is 0.258. The molecule has 0 radical (unpaired) electrons. The maximum atomic E-state index is 9.22. The predicted octanol–water partition coefficient (Wildman–Crippen LogP) is 0.968. The fraction of sp³-hybridized carbons (Fsp3) is 0.917. The van der Waals surface area contributed by atoms with Gasteiger partial charge in [-0.25, -0.2) is 0 Å². The van der Waals surface area contributed by atoms with E-state index >= 15 is 0 Å². The van der Waals surface area contributed by atoms with Crippen LogP contribution in [0.5, 0.6) is 0 Å². The Morgan fingerprint density at radius 3 is 2.61 bits per heavy atom. The van der Waals surface area contributed by atoms with Gasteiger partial charge >= 0.3 is 0 Å². The second kappa shape index (κ2) is 9.80. The summed E-state index contributed by atoms with van der Waals surface area (Å²) in [6.45, 7) is 5.47. The Kier molecular flexibility index (Phi) is 9.76. The van der Waals surface area contributed by atoms with Gasteiger partial charge in [-0.3, -0.25) is 4.99 Å². The molecule has 1 rings (SSSR count). The molecule has 0 bridgehead atoms. The molecule has 1 saturated carbocycles. The summed E-state index contributed by atoms with van der Waals surface area (Å²) in [6.07, 6.45) is 3.15. The van der Waals surface area contributed by atoms with E-state index in [1.54, 1.807) is 7.11 Å². The molecule has 5 nitrogen and oxygen atoms in total. The van der Waals surface area contributed by atoms with E-state index in [2.05, 4.69) is 15.6 Å². The first-order valence-corrected chi connectivity index (χ1v) is 6.38. The Balaban J connectivity index is 0.00000289. The zero-order chi connectivity index (χ0) is 12.6. The van der Waals surface area contributed by atoms with Gasteiger partial charge in [-0.2, -0.15) is 0 Å². The van der Waals surface area contributed by atoms with Crippen molar-refractivity contribution in [3.05, 3.63) is 0 Å². The zero-order valence-corrected chi connectivity index (χ0v) is 13.7. The number of nitrogens with one attached hydrogen (secondary N) is 2. The van der Waals surface area contributed by atoms with Crippen LogP contribution in [-0.2, 0) is 4.74 Å². The number of aliphatic hydroxyl groups excluding tert-OH is 1.